The van der Waals surface area contributed by atoms with Gasteiger partial charge in [-0.25, -0.2) is 0 Å². The van der Waals surface area contributed by atoms with Crippen LogP contribution in [0, 0.1) is 0 Å². The van der Waals surface area contributed by atoms with E-state index in [2.05, 4.69) is 20.7 Å². The van der Waals surface area contributed by atoms with E-state index in [0.29, 0.717) is 27.3 Å². The second-order valence-electron chi connectivity index (χ2n) is 5.05. The van der Waals surface area contributed by atoms with Crippen molar-refractivity contribution in [3.05, 3.63) is 52.5 Å². The molecule has 3 rings (SSSR count). The average Bonchev–Trinajstić information content (AvgIpc) is 3.06. The molecule has 0 fully saturated rings. The lowest BCUT2D eigenvalue weighted by molar-refractivity contribution is -0.117. The number of halogens is 2. The standard InChI is InChI=1S/C16H13Cl2N5O2/c1-25-12-4-2-3-10(7-12)16-20-22-23(21-16)9-15(24)19-14-8-11(17)5-6-13(14)18/h2-8H,9H2,1H3,(H,19,24). The second-order valence-corrected chi connectivity index (χ2v) is 5.89. The summed E-state index contributed by atoms with van der Waals surface area (Å²) in [6.45, 7) is -0.111. The van der Waals surface area contributed by atoms with Gasteiger partial charge in [0.1, 0.15) is 12.3 Å². The van der Waals surface area contributed by atoms with E-state index in [4.69, 9.17) is 27.9 Å². The molecular formula is C16H13Cl2N5O2. The largest absolute Gasteiger partial charge is 0.497 e. The summed E-state index contributed by atoms with van der Waals surface area (Å²) in [5.74, 6) is 0.730. The number of amides is 1. The minimum absolute atomic E-state index is 0.111. The Labute approximate surface area is 153 Å². The molecule has 1 heterocycles. The van der Waals surface area contributed by atoms with Crippen molar-refractivity contribution in [3.63, 3.8) is 0 Å². The van der Waals surface area contributed by atoms with Crippen LogP contribution >= 0.6 is 23.2 Å². The van der Waals surface area contributed by atoms with Gasteiger partial charge in [0.2, 0.25) is 11.7 Å². The zero-order valence-electron chi connectivity index (χ0n) is 13.1. The number of carbonyl (C=O) groups excluding carboxylic acids is 1. The Hall–Kier alpha value is -2.64. The summed E-state index contributed by atoms with van der Waals surface area (Å²) in [7, 11) is 1.58. The Morgan fingerprint density at radius 2 is 2.08 bits per heavy atom. The summed E-state index contributed by atoms with van der Waals surface area (Å²) in [6, 6.07) is 12.1. The second kappa shape index (κ2) is 7.50. The molecule has 0 saturated carbocycles. The highest BCUT2D eigenvalue weighted by Crippen LogP contribution is 2.25. The summed E-state index contributed by atoms with van der Waals surface area (Å²) in [5, 5.41) is 15.6. The van der Waals surface area contributed by atoms with E-state index in [0.717, 1.165) is 5.56 Å². The van der Waals surface area contributed by atoms with Gasteiger partial charge < -0.3 is 10.1 Å². The number of carbonyl (C=O) groups is 1. The summed E-state index contributed by atoms with van der Waals surface area (Å²) in [6.07, 6.45) is 0. The molecule has 0 unspecified atom stereocenters. The van der Waals surface area contributed by atoms with Crippen LogP contribution in [0.15, 0.2) is 42.5 Å². The molecule has 0 aliphatic carbocycles. The molecule has 0 radical (unpaired) electrons. The average molecular weight is 378 g/mol. The number of rotatable bonds is 5. The number of nitrogens with one attached hydrogen (secondary N) is 1. The summed E-state index contributed by atoms with van der Waals surface area (Å²) < 4.78 is 5.16. The molecular weight excluding hydrogens is 365 g/mol. The molecule has 7 nitrogen and oxygen atoms in total. The van der Waals surface area contributed by atoms with E-state index >= 15 is 0 Å². The van der Waals surface area contributed by atoms with Gasteiger partial charge in [0.25, 0.3) is 0 Å². The topological polar surface area (TPSA) is 81.9 Å². The quantitative estimate of drug-likeness (QED) is 0.737. The number of methoxy groups -OCH3 is 1. The normalized spacial score (nSPS) is 10.5. The van der Waals surface area contributed by atoms with E-state index in [1.54, 1.807) is 31.4 Å². The van der Waals surface area contributed by atoms with Crippen molar-refractivity contribution in [3.8, 4) is 17.1 Å². The van der Waals surface area contributed by atoms with Crippen molar-refractivity contribution in [1.29, 1.82) is 0 Å². The Morgan fingerprint density at radius 3 is 2.88 bits per heavy atom. The number of aromatic nitrogens is 4. The lowest BCUT2D eigenvalue weighted by Gasteiger charge is -2.06. The van der Waals surface area contributed by atoms with Crippen molar-refractivity contribution in [2.24, 2.45) is 0 Å². The Kier molecular flexibility index (Phi) is 5.16. The molecule has 0 aliphatic heterocycles. The molecule has 0 bridgehead atoms. The van der Waals surface area contributed by atoms with Crippen molar-refractivity contribution in [2.45, 2.75) is 6.54 Å². The first kappa shape index (κ1) is 17.2. The van der Waals surface area contributed by atoms with Crippen molar-refractivity contribution in [1.82, 2.24) is 20.2 Å². The van der Waals surface area contributed by atoms with E-state index in [9.17, 15) is 4.79 Å². The van der Waals surface area contributed by atoms with Crippen LogP contribution in [0.2, 0.25) is 10.0 Å². The SMILES string of the molecule is COc1cccc(-c2nnn(CC(=O)Nc3cc(Cl)ccc3Cl)n2)c1. The van der Waals surface area contributed by atoms with Crippen molar-refractivity contribution < 1.29 is 9.53 Å². The van der Waals surface area contributed by atoms with E-state index < -0.39 is 0 Å². The maximum atomic E-state index is 12.1. The fourth-order valence-electron chi connectivity index (χ4n) is 2.10. The van der Waals surface area contributed by atoms with Gasteiger partial charge in [-0.3, -0.25) is 4.79 Å². The van der Waals surface area contributed by atoms with Gasteiger partial charge in [-0.2, -0.15) is 4.80 Å². The van der Waals surface area contributed by atoms with Gasteiger partial charge in [0.15, 0.2) is 0 Å². The highest BCUT2D eigenvalue weighted by Gasteiger charge is 2.11. The Balaban J connectivity index is 1.70. The van der Waals surface area contributed by atoms with Gasteiger partial charge in [-0.05, 0) is 35.5 Å². The Morgan fingerprint density at radius 1 is 1.24 bits per heavy atom. The molecule has 0 atom stereocenters. The fraction of sp³-hybridized carbons (Fsp3) is 0.125. The predicted molar refractivity (Wildman–Crippen MR) is 94.9 cm³/mol. The summed E-state index contributed by atoms with van der Waals surface area (Å²) in [5.41, 5.74) is 1.16. The third-order valence-electron chi connectivity index (χ3n) is 3.27. The van der Waals surface area contributed by atoms with Crippen LogP contribution in [-0.4, -0.2) is 33.2 Å². The van der Waals surface area contributed by atoms with Crippen LogP contribution in [0.3, 0.4) is 0 Å². The van der Waals surface area contributed by atoms with Crippen LogP contribution in [0.5, 0.6) is 5.75 Å². The fourth-order valence-corrected chi connectivity index (χ4v) is 2.44. The van der Waals surface area contributed by atoms with Gasteiger partial charge in [-0.15, -0.1) is 10.2 Å². The number of anilines is 1. The van der Waals surface area contributed by atoms with Crippen molar-refractivity contribution >= 4 is 34.8 Å². The summed E-state index contributed by atoms with van der Waals surface area (Å²) in [4.78, 5) is 13.3. The van der Waals surface area contributed by atoms with Gasteiger partial charge in [0, 0.05) is 10.6 Å². The zero-order valence-corrected chi connectivity index (χ0v) is 14.6. The predicted octanol–water partition coefficient (Wildman–Crippen LogP) is 3.29. The number of nitrogens with zero attached hydrogens (tertiary/aromatic N) is 4. The maximum absolute atomic E-state index is 12.1. The van der Waals surface area contributed by atoms with Gasteiger partial charge in [0.05, 0.1) is 17.8 Å². The molecule has 9 heteroatoms. The highest BCUT2D eigenvalue weighted by atomic mass is 35.5. The van der Waals surface area contributed by atoms with Gasteiger partial charge >= 0.3 is 0 Å². The molecule has 0 aliphatic rings. The van der Waals surface area contributed by atoms with Crippen LogP contribution in [-0.2, 0) is 11.3 Å². The van der Waals surface area contributed by atoms with Crippen LogP contribution < -0.4 is 10.1 Å². The third kappa shape index (κ3) is 4.26. The molecule has 1 aromatic heterocycles. The molecule has 25 heavy (non-hydrogen) atoms. The number of benzene rings is 2. The first-order chi connectivity index (χ1) is 12.0. The molecule has 3 aromatic rings. The smallest absolute Gasteiger partial charge is 0.248 e. The van der Waals surface area contributed by atoms with Gasteiger partial charge in [-0.1, -0.05) is 35.3 Å². The number of hydrogen-bond acceptors (Lipinski definition) is 5. The Bertz CT molecular complexity index is 913. The molecule has 128 valence electrons. The van der Waals surface area contributed by atoms with Crippen LogP contribution in [0.4, 0.5) is 5.69 Å². The number of hydrogen-bond donors (Lipinski definition) is 1. The van der Waals surface area contributed by atoms with Crippen LogP contribution in [0.1, 0.15) is 0 Å². The molecule has 1 N–H and O–H groups in total. The maximum Gasteiger partial charge on any atom is 0.248 e. The molecule has 0 spiro atoms. The number of ether oxygens (including phenoxy) is 1. The van der Waals surface area contributed by atoms with E-state index in [-0.39, 0.29) is 12.5 Å². The lowest BCUT2D eigenvalue weighted by Crippen LogP contribution is -2.20. The number of tetrazole rings is 1. The third-order valence-corrected chi connectivity index (χ3v) is 3.83. The summed E-state index contributed by atoms with van der Waals surface area (Å²) >= 11 is 11.9. The molecule has 2 aromatic carbocycles. The highest BCUT2D eigenvalue weighted by molar-refractivity contribution is 6.35. The molecule has 1 amide bonds. The van der Waals surface area contributed by atoms with E-state index in [1.165, 1.54) is 4.80 Å². The minimum Gasteiger partial charge on any atom is -0.497 e. The van der Waals surface area contributed by atoms with Crippen LogP contribution in [0.25, 0.3) is 11.4 Å². The van der Waals surface area contributed by atoms with Crippen molar-refractivity contribution in [2.75, 3.05) is 12.4 Å². The monoisotopic (exact) mass is 377 g/mol. The minimum atomic E-state index is -0.348. The lowest BCUT2D eigenvalue weighted by atomic mass is 10.2. The zero-order chi connectivity index (χ0) is 17.8. The first-order valence-corrected chi connectivity index (χ1v) is 7.98. The molecule has 0 saturated heterocycles. The first-order valence-electron chi connectivity index (χ1n) is 7.22. The van der Waals surface area contributed by atoms with E-state index in [1.807, 2.05) is 18.2 Å².